The van der Waals surface area contributed by atoms with E-state index in [-0.39, 0.29) is 11.9 Å². The second-order valence-corrected chi connectivity index (χ2v) is 6.78. The van der Waals surface area contributed by atoms with Gasteiger partial charge in [-0.2, -0.15) is 5.10 Å². The van der Waals surface area contributed by atoms with Gasteiger partial charge in [0.2, 0.25) is 5.88 Å². The number of hydrogen-bond acceptors (Lipinski definition) is 6. The van der Waals surface area contributed by atoms with Crippen molar-refractivity contribution >= 4 is 5.91 Å². The third-order valence-corrected chi connectivity index (χ3v) is 4.84. The van der Waals surface area contributed by atoms with Gasteiger partial charge in [-0.25, -0.2) is 4.98 Å². The number of aromatic nitrogens is 6. The molecule has 4 rings (SSSR count). The molecule has 28 heavy (non-hydrogen) atoms. The number of amides is 1. The van der Waals surface area contributed by atoms with Crippen LogP contribution >= 0.6 is 0 Å². The van der Waals surface area contributed by atoms with E-state index in [9.17, 15) is 4.79 Å². The molecule has 0 bridgehead atoms. The molecule has 4 heterocycles. The standard InChI is InChI=1S/C19H23N7O2/c1-3-28-19-15(5-4-9-20-19)18(27)22-14-6-7-16-23-24-17(26(16)10-8-14)13-11-21-25(2)12-13/h4-5,9,11-12,14H,3,6-8,10H2,1-2H3,(H,22,27). The third kappa shape index (κ3) is 3.60. The van der Waals surface area contributed by atoms with E-state index in [1.165, 1.54) is 0 Å². The second kappa shape index (κ2) is 7.79. The molecule has 0 saturated carbocycles. The Bertz CT molecular complexity index is 978. The Labute approximate surface area is 162 Å². The molecule has 1 N–H and O–H groups in total. The molecule has 9 nitrogen and oxygen atoms in total. The molecule has 0 saturated heterocycles. The Morgan fingerprint density at radius 3 is 3.04 bits per heavy atom. The molecular formula is C19H23N7O2. The van der Waals surface area contributed by atoms with Crippen molar-refractivity contribution in [2.24, 2.45) is 7.05 Å². The van der Waals surface area contributed by atoms with Crippen molar-refractivity contribution in [2.75, 3.05) is 6.61 Å². The molecule has 3 aromatic heterocycles. The number of aryl methyl sites for hydroxylation is 2. The van der Waals surface area contributed by atoms with E-state index in [0.29, 0.717) is 18.1 Å². The van der Waals surface area contributed by atoms with Crippen LogP contribution in [0, 0.1) is 0 Å². The lowest BCUT2D eigenvalue weighted by atomic mass is 10.1. The van der Waals surface area contributed by atoms with Gasteiger partial charge in [0.25, 0.3) is 5.91 Å². The minimum atomic E-state index is -0.160. The zero-order valence-electron chi connectivity index (χ0n) is 16.0. The van der Waals surface area contributed by atoms with Crippen molar-refractivity contribution in [3.8, 4) is 17.3 Å². The molecular weight excluding hydrogens is 358 g/mol. The summed E-state index contributed by atoms with van der Waals surface area (Å²) < 4.78 is 9.35. The van der Waals surface area contributed by atoms with Crippen LogP contribution < -0.4 is 10.1 Å². The van der Waals surface area contributed by atoms with Gasteiger partial charge < -0.3 is 14.6 Å². The van der Waals surface area contributed by atoms with Crippen LogP contribution in [0.25, 0.3) is 11.4 Å². The van der Waals surface area contributed by atoms with Crippen LogP contribution in [0.4, 0.5) is 0 Å². The summed E-state index contributed by atoms with van der Waals surface area (Å²) in [4.78, 5) is 16.9. The van der Waals surface area contributed by atoms with Crippen molar-refractivity contribution in [3.63, 3.8) is 0 Å². The fourth-order valence-corrected chi connectivity index (χ4v) is 3.46. The summed E-state index contributed by atoms with van der Waals surface area (Å²) in [6.07, 6.45) is 7.70. The maximum Gasteiger partial charge on any atom is 0.256 e. The van der Waals surface area contributed by atoms with Gasteiger partial charge in [-0.15, -0.1) is 10.2 Å². The molecule has 0 aromatic carbocycles. The number of carbonyl (C=O) groups is 1. The number of rotatable bonds is 5. The van der Waals surface area contributed by atoms with Gasteiger partial charge in [0.05, 0.1) is 18.4 Å². The Kier molecular flexibility index (Phi) is 5.05. The van der Waals surface area contributed by atoms with Crippen molar-refractivity contribution in [1.82, 2.24) is 34.8 Å². The zero-order chi connectivity index (χ0) is 19.5. The topological polar surface area (TPSA) is 99.8 Å². The minimum Gasteiger partial charge on any atom is -0.477 e. The largest absolute Gasteiger partial charge is 0.477 e. The molecule has 0 spiro atoms. The van der Waals surface area contributed by atoms with Gasteiger partial charge in [0.15, 0.2) is 5.82 Å². The number of nitrogens with one attached hydrogen (secondary N) is 1. The number of pyridine rings is 1. The molecule has 0 aliphatic carbocycles. The summed E-state index contributed by atoms with van der Waals surface area (Å²) >= 11 is 0. The zero-order valence-corrected chi connectivity index (χ0v) is 16.0. The number of hydrogen-bond donors (Lipinski definition) is 1. The van der Waals surface area contributed by atoms with Crippen LogP contribution in [-0.2, 0) is 20.0 Å². The van der Waals surface area contributed by atoms with Crippen LogP contribution in [-0.4, -0.2) is 48.1 Å². The third-order valence-electron chi connectivity index (χ3n) is 4.84. The van der Waals surface area contributed by atoms with Gasteiger partial charge in [0, 0.05) is 38.4 Å². The molecule has 1 atom stereocenters. The summed E-state index contributed by atoms with van der Waals surface area (Å²) in [6.45, 7) is 3.08. The lowest BCUT2D eigenvalue weighted by Crippen LogP contribution is -2.35. The highest BCUT2D eigenvalue weighted by Gasteiger charge is 2.24. The van der Waals surface area contributed by atoms with Gasteiger partial charge in [-0.1, -0.05) is 0 Å². The average molecular weight is 381 g/mol. The Morgan fingerprint density at radius 1 is 1.36 bits per heavy atom. The van der Waals surface area contributed by atoms with E-state index in [1.807, 2.05) is 20.2 Å². The number of fused-ring (bicyclic) bond motifs is 1. The highest BCUT2D eigenvalue weighted by molar-refractivity contribution is 5.96. The molecule has 1 aliphatic heterocycles. The molecule has 1 aliphatic rings. The van der Waals surface area contributed by atoms with Gasteiger partial charge in [-0.3, -0.25) is 9.48 Å². The molecule has 3 aromatic rings. The van der Waals surface area contributed by atoms with Crippen LogP contribution in [0.3, 0.4) is 0 Å². The SMILES string of the molecule is CCOc1ncccc1C(=O)NC1CCc2nnc(-c3cnn(C)c3)n2CC1. The first kappa shape index (κ1) is 18.1. The number of ether oxygens (including phenoxy) is 1. The minimum absolute atomic E-state index is 0.0469. The Morgan fingerprint density at radius 2 is 2.25 bits per heavy atom. The lowest BCUT2D eigenvalue weighted by Gasteiger charge is -2.17. The number of carbonyl (C=O) groups excluding carboxylic acids is 1. The predicted octanol–water partition coefficient (Wildman–Crippen LogP) is 1.61. The van der Waals surface area contributed by atoms with Gasteiger partial charge in [0.1, 0.15) is 11.4 Å². The van der Waals surface area contributed by atoms with Crippen LogP contribution in [0.5, 0.6) is 5.88 Å². The Hall–Kier alpha value is -3.23. The molecule has 146 valence electrons. The van der Waals surface area contributed by atoms with E-state index < -0.39 is 0 Å². The number of nitrogens with zero attached hydrogens (tertiary/aromatic N) is 6. The maximum absolute atomic E-state index is 12.7. The van der Waals surface area contributed by atoms with Crippen molar-refractivity contribution in [1.29, 1.82) is 0 Å². The first-order valence-electron chi connectivity index (χ1n) is 9.45. The molecule has 9 heteroatoms. The first-order chi connectivity index (χ1) is 13.7. The van der Waals surface area contributed by atoms with Gasteiger partial charge in [-0.05, 0) is 31.9 Å². The summed E-state index contributed by atoms with van der Waals surface area (Å²) in [5.74, 6) is 1.96. The quantitative estimate of drug-likeness (QED) is 0.721. The summed E-state index contributed by atoms with van der Waals surface area (Å²) in [6, 6.07) is 3.52. The monoisotopic (exact) mass is 381 g/mol. The highest BCUT2D eigenvalue weighted by Crippen LogP contribution is 2.23. The maximum atomic E-state index is 12.7. The molecule has 0 fully saturated rings. The average Bonchev–Trinajstić information content (AvgIpc) is 3.25. The summed E-state index contributed by atoms with van der Waals surface area (Å²) in [7, 11) is 1.88. The van der Waals surface area contributed by atoms with Gasteiger partial charge >= 0.3 is 0 Å². The fraction of sp³-hybridized carbons (Fsp3) is 0.421. The summed E-state index contributed by atoms with van der Waals surface area (Å²) in [5.41, 5.74) is 1.41. The smallest absolute Gasteiger partial charge is 0.256 e. The molecule has 1 unspecified atom stereocenters. The van der Waals surface area contributed by atoms with E-state index in [1.54, 1.807) is 29.2 Å². The van der Waals surface area contributed by atoms with Crippen molar-refractivity contribution in [3.05, 3.63) is 42.1 Å². The molecule has 1 amide bonds. The van der Waals surface area contributed by atoms with E-state index in [0.717, 1.165) is 43.0 Å². The highest BCUT2D eigenvalue weighted by atomic mass is 16.5. The van der Waals surface area contributed by atoms with Crippen LogP contribution in [0.15, 0.2) is 30.7 Å². The van der Waals surface area contributed by atoms with E-state index in [2.05, 4.69) is 30.2 Å². The summed E-state index contributed by atoms with van der Waals surface area (Å²) in [5, 5.41) is 16.0. The van der Waals surface area contributed by atoms with Crippen LogP contribution in [0.1, 0.15) is 35.9 Å². The first-order valence-corrected chi connectivity index (χ1v) is 9.45. The fourth-order valence-electron chi connectivity index (χ4n) is 3.46. The molecule has 0 radical (unpaired) electrons. The Balaban J connectivity index is 1.46. The second-order valence-electron chi connectivity index (χ2n) is 6.78. The van der Waals surface area contributed by atoms with Crippen molar-refractivity contribution < 1.29 is 9.53 Å². The van der Waals surface area contributed by atoms with Crippen LogP contribution in [0.2, 0.25) is 0 Å². The normalized spacial score (nSPS) is 16.3. The predicted molar refractivity (Wildman–Crippen MR) is 102 cm³/mol. The van der Waals surface area contributed by atoms with E-state index in [4.69, 9.17) is 4.74 Å². The lowest BCUT2D eigenvalue weighted by molar-refractivity contribution is 0.0928. The van der Waals surface area contributed by atoms with Crippen molar-refractivity contribution in [2.45, 2.75) is 38.8 Å². The van der Waals surface area contributed by atoms with E-state index >= 15 is 0 Å².